The molecule has 0 bridgehead atoms. The highest BCUT2D eigenvalue weighted by molar-refractivity contribution is 6.30. The second-order valence-corrected chi connectivity index (χ2v) is 6.50. The standard InChI is InChI=1S/C19H16ClNO2/c1-12-17-11-19(17,13-6-8-14(20)9-7-13)18(22)21(12)15-4-3-5-16(10-15)23-2/h3-10,17H,1,11H2,2H3. The Morgan fingerprint density at radius 3 is 2.70 bits per heavy atom. The van der Waals surface area contributed by atoms with E-state index >= 15 is 0 Å². The summed E-state index contributed by atoms with van der Waals surface area (Å²) >= 11 is 5.97. The van der Waals surface area contributed by atoms with Gasteiger partial charge in [-0.15, -0.1) is 0 Å². The molecule has 2 aromatic carbocycles. The Morgan fingerprint density at radius 1 is 1.26 bits per heavy atom. The molecule has 2 fully saturated rings. The molecule has 2 atom stereocenters. The third-order valence-electron chi connectivity index (χ3n) is 4.91. The zero-order valence-electron chi connectivity index (χ0n) is 12.8. The van der Waals surface area contributed by atoms with Crippen molar-refractivity contribution < 1.29 is 9.53 Å². The molecule has 0 aromatic heterocycles. The maximum atomic E-state index is 13.2. The molecule has 1 saturated carbocycles. The molecule has 3 nitrogen and oxygen atoms in total. The molecule has 0 radical (unpaired) electrons. The van der Waals surface area contributed by atoms with Crippen molar-refractivity contribution in [2.24, 2.45) is 5.92 Å². The fourth-order valence-corrected chi connectivity index (χ4v) is 3.74. The number of hydrogen-bond acceptors (Lipinski definition) is 2. The average molecular weight is 326 g/mol. The first-order valence-electron chi connectivity index (χ1n) is 7.51. The van der Waals surface area contributed by atoms with E-state index in [2.05, 4.69) is 6.58 Å². The van der Waals surface area contributed by atoms with Crippen LogP contribution in [0.25, 0.3) is 0 Å². The molecule has 2 aromatic rings. The van der Waals surface area contributed by atoms with Gasteiger partial charge in [-0.05, 0) is 36.2 Å². The Bertz CT molecular complexity index is 814. The number of hydrogen-bond donors (Lipinski definition) is 0. The van der Waals surface area contributed by atoms with E-state index in [-0.39, 0.29) is 11.8 Å². The number of piperidine rings is 1. The van der Waals surface area contributed by atoms with Crippen LogP contribution >= 0.6 is 11.6 Å². The first-order chi connectivity index (χ1) is 11.1. The van der Waals surface area contributed by atoms with Crippen molar-refractivity contribution in [2.75, 3.05) is 12.0 Å². The lowest BCUT2D eigenvalue weighted by molar-refractivity contribution is -0.119. The molecular formula is C19H16ClNO2. The summed E-state index contributed by atoms with van der Waals surface area (Å²) in [5.41, 5.74) is 2.21. The van der Waals surface area contributed by atoms with Gasteiger partial charge in [0, 0.05) is 22.7 Å². The lowest BCUT2D eigenvalue weighted by Gasteiger charge is -2.22. The molecule has 1 saturated heterocycles. The van der Waals surface area contributed by atoms with Gasteiger partial charge < -0.3 is 4.74 Å². The minimum atomic E-state index is -0.468. The van der Waals surface area contributed by atoms with Crippen LogP contribution in [0.15, 0.2) is 60.8 Å². The molecule has 0 spiro atoms. The smallest absolute Gasteiger partial charge is 0.242 e. The van der Waals surface area contributed by atoms with Gasteiger partial charge in [-0.2, -0.15) is 0 Å². The predicted octanol–water partition coefficient (Wildman–Crippen LogP) is 4.17. The molecule has 23 heavy (non-hydrogen) atoms. The van der Waals surface area contributed by atoms with E-state index in [0.717, 1.165) is 29.1 Å². The minimum Gasteiger partial charge on any atom is -0.497 e. The first-order valence-corrected chi connectivity index (χ1v) is 7.89. The van der Waals surface area contributed by atoms with E-state index in [1.165, 1.54) is 0 Å². The summed E-state index contributed by atoms with van der Waals surface area (Å²) in [6.45, 7) is 4.17. The van der Waals surface area contributed by atoms with E-state index in [4.69, 9.17) is 16.3 Å². The highest BCUT2D eigenvalue weighted by Crippen LogP contribution is 2.64. The van der Waals surface area contributed by atoms with E-state index < -0.39 is 5.41 Å². The lowest BCUT2D eigenvalue weighted by atomic mass is 9.94. The monoisotopic (exact) mass is 325 g/mol. The van der Waals surface area contributed by atoms with Gasteiger partial charge in [-0.1, -0.05) is 36.4 Å². The largest absolute Gasteiger partial charge is 0.497 e. The number of carbonyl (C=O) groups excluding carboxylic acids is 1. The van der Waals surface area contributed by atoms with Crippen molar-refractivity contribution in [1.29, 1.82) is 0 Å². The fraction of sp³-hybridized carbons (Fsp3) is 0.211. The van der Waals surface area contributed by atoms with Crippen LogP contribution < -0.4 is 9.64 Å². The Balaban J connectivity index is 1.74. The fourth-order valence-electron chi connectivity index (χ4n) is 3.61. The normalized spacial score (nSPS) is 25.5. The molecule has 2 aliphatic rings. The van der Waals surface area contributed by atoms with Gasteiger partial charge in [-0.25, -0.2) is 0 Å². The van der Waals surface area contributed by atoms with E-state index in [1.54, 1.807) is 12.0 Å². The van der Waals surface area contributed by atoms with Gasteiger partial charge in [0.15, 0.2) is 0 Å². The Labute approximate surface area is 140 Å². The molecule has 2 unspecified atom stereocenters. The van der Waals surface area contributed by atoms with Crippen molar-refractivity contribution in [3.05, 3.63) is 71.4 Å². The van der Waals surface area contributed by atoms with Crippen LogP contribution in [0.5, 0.6) is 5.75 Å². The number of fused-ring (bicyclic) bond motifs is 1. The molecule has 1 heterocycles. The number of allylic oxidation sites excluding steroid dienone is 1. The Morgan fingerprint density at radius 2 is 2.00 bits per heavy atom. The second kappa shape index (κ2) is 4.87. The number of carbonyl (C=O) groups is 1. The first kappa shape index (κ1) is 14.3. The van der Waals surface area contributed by atoms with Crippen LogP contribution in [0.4, 0.5) is 5.69 Å². The minimum absolute atomic E-state index is 0.0862. The van der Waals surface area contributed by atoms with Crippen molar-refractivity contribution in [1.82, 2.24) is 0 Å². The third-order valence-corrected chi connectivity index (χ3v) is 5.16. The summed E-state index contributed by atoms with van der Waals surface area (Å²) in [4.78, 5) is 14.9. The van der Waals surface area contributed by atoms with Gasteiger partial charge in [-0.3, -0.25) is 9.69 Å². The Hall–Kier alpha value is -2.26. The number of nitrogens with zero attached hydrogens (tertiary/aromatic N) is 1. The molecule has 0 N–H and O–H groups in total. The van der Waals surface area contributed by atoms with Gasteiger partial charge in [0.05, 0.1) is 18.2 Å². The third kappa shape index (κ3) is 1.93. The number of benzene rings is 2. The highest BCUT2D eigenvalue weighted by atomic mass is 35.5. The predicted molar refractivity (Wildman–Crippen MR) is 90.9 cm³/mol. The SMILES string of the molecule is C=C1C2CC2(c2ccc(Cl)cc2)C(=O)N1c1cccc(OC)c1. The van der Waals surface area contributed by atoms with Crippen LogP contribution in [0, 0.1) is 5.92 Å². The number of ether oxygens (including phenoxy) is 1. The van der Waals surface area contributed by atoms with Crippen LogP contribution in [-0.4, -0.2) is 13.0 Å². The molecular weight excluding hydrogens is 310 g/mol. The van der Waals surface area contributed by atoms with Crippen LogP contribution in [0.1, 0.15) is 12.0 Å². The van der Waals surface area contributed by atoms with Gasteiger partial charge in [0.25, 0.3) is 0 Å². The Kier molecular flexibility index (Phi) is 3.03. The lowest BCUT2D eigenvalue weighted by Crippen LogP contribution is -2.32. The molecule has 4 heteroatoms. The maximum absolute atomic E-state index is 13.2. The molecule has 1 aliphatic carbocycles. The quantitative estimate of drug-likeness (QED) is 0.847. The molecule has 1 amide bonds. The second-order valence-electron chi connectivity index (χ2n) is 6.07. The number of anilines is 1. The summed E-state index contributed by atoms with van der Waals surface area (Å²) < 4.78 is 5.26. The summed E-state index contributed by atoms with van der Waals surface area (Å²) in [6.07, 6.45) is 0.826. The molecule has 116 valence electrons. The molecule has 1 aliphatic heterocycles. The van der Waals surface area contributed by atoms with Crippen molar-refractivity contribution >= 4 is 23.2 Å². The topological polar surface area (TPSA) is 29.5 Å². The number of rotatable bonds is 3. The summed E-state index contributed by atoms with van der Waals surface area (Å²) in [7, 11) is 1.62. The van der Waals surface area contributed by atoms with E-state index in [9.17, 15) is 4.79 Å². The van der Waals surface area contributed by atoms with Crippen molar-refractivity contribution in [3.8, 4) is 5.75 Å². The summed E-state index contributed by atoms with van der Waals surface area (Å²) in [5.74, 6) is 0.981. The van der Waals surface area contributed by atoms with Crippen LogP contribution in [-0.2, 0) is 10.2 Å². The highest BCUT2D eigenvalue weighted by Gasteiger charge is 2.69. The van der Waals surface area contributed by atoms with E-state index in [0.29, 0.717) is 5.02 Å². The van der Waals surface area contributed by atoms with Crippen LogP contribution in [0.3, 0.4) is 0 Å². The number of methoxy groups -OCH3 is 1. The number of halogens is 1. The van der Waals surface area contributed by atoms with Crippen LogP contribution in [0.2, 0.25) is 5.02 Å². The summed E-state index contributed by atoms with van der Waals surface area (Å²) in [5, 5.41) is 0.677. The van der Waals surface area contributed by atoms with Gasteiger partial charge in [0.2, 0.25) is 5.91 Å². The maximum Gasteiger partial charge on any atom is 0.242 e. The molecule has 4 rings (SSSR count). The van der Waals surface area contributed by atoms with Gasteiger partial charge in [0.1, 0.15) is 5.75 Å². The zero-order chi connectivity index (χ0) is 16.2. The summed E-state index contributed by atoms with van der Waals surface area (Å²) in [6, 6.07) is 15.1. The van der Waals surface area contributed by atoms with E-state index in [1.807, 2.05) is 48.5 Å². The number of amides is 1. The van der Waals surface area contributed by atoms with Crippen molar-refractivity contribution in [2.45, 2.75) is 11.8 Å². The average Bonchev–Trinajstić information content (AvgIpc) is 3.28. The zero-order valence-corrected chi connectivity index (χ0v) is 13.5. The van der Waals surface area contributed by atoms with Gasteiger partial charge >= 0.3 is 0 Å². The van der Waals surface area contributed by atoms with Crippen molar-refractivity contribution in [3.63, 3.8) is 0 Å².